The van der Waals surface area contributed by atoms with E-state index in [1.807, 2.05) is 19.1 Å². The predicted octanol–water partition coefficient (Wildman–Crippen LogP) is 3.23. The van der Waals surface area contributed by atoms with Gasteiger partial charge < -0.3 is 20.1 Å². The minimum atomic E-state index is -0.310. The van der Waals surface area contributed by atoms with Crippen molar-refractivity contribution < 1.29 is 19.1 Å². The molecule has 0 fully saturated rings. The first-order valence-corrected chi connectivity index (χ1v) is 8.86. The van der Waals surface area contributed by atoms with Crippen LogP contribution in [-0.2, 0) is 9.53 Å². The number of methoxy groups -OCH3 is 1. The van der Waals surface area contributed by atoms with Crippen LogP contribution in [0, 0.1) is 0 Å². The number of halogens is 1. The van der Waals surface area contributed by atoms with Crippen LogP contribution in [0.1, 0.15) is 17.3 Å². The van der Waals surface area contributed by atoms with Gasteiger partial charge in [-0.1, -0.05) is 28.1 Å². The molecule has 7 heteroatoms. The Hall–Kier alpha value is -2.38. The maximum atomic E-state index is 12.4. The van der Waals surface area contributed by atoms with E-state index in [9.17, 15) is 9.59 Å². The van der Waals surface area contributed by atoms with Crippen molar-refractivity contribution in [2.45, 2.75) is 13.0 Å². The van der Waals surface area contributed by atoms with Gasteiger partial charge in [-0.3, -0.25) is 9.59 Å². The molecule has 6 nitrogen and oxygen atoms in total. The monoisotopic (exact) mass is 420 g/mol. The molecule has 0 aliphatic heterocycles. The zero-order valence-electron chi connectivity index (χ0n) is 14.6. The second kappa shape index (κ2) is 9.94. The fourth-order valence-electron chi connectivity index (χ4n) is 2.25. The first kappa shape index (κ1) is 19.9. The topological polar surface area (TPSA) is 76.7 Å². The van der Waals surface area contributed by atoms with E-state index in [-0.39, 0.29) is 24.5 Å². The maximum Gasteiger partial charge on any atom is 0.262 e. The zero-order chi connectivity index (χ0) is 18.9. The van der Waals surface area contributed by atoms with Crippen LogP contribution in [-0.4, -0.2) is 38.2 Å². The van der Waals surface area contributed by atoms with Crippen LogP contribution in [0.15, 0.2) is 53.0 Å². The summed E-state index contributed by atoms with van der Waals surface area (Å²) in [5.41, 5.74) is 1.04. The third-order valence-electron chi connectivity index (χ3n) is 3.41. The number of ether oxygens (including phenoxy) is 2. The van der Waals surface area contributed by atoms with Crippen molar-refractivity contribution >= 4 is 33.4 Å². The fraction of sp³-hybridized carbons (Fsp3) is 0.263. The zero-order valence-corrected chi connectivity index (χ0v) is 16.2. The lowest BCUT2D eigenvalue weighted by molar-refractivity contribution is -0.118. The van der Waals surface area contributed by atoms with Crippen molar-refractivity contribution in [3.63, 3.8) is 0 Å². The molecule has 0 bridgehead atoms. The quantitative estimate of drug-likeness (QED) is 0.686. The van der Waals surface area contributed by atoms with Crippen molar-refractivity contribution in [1.29, 1.82) is 0 Å². The molecule has 2 amide bonds. The summed E-state index contributed by atoms with van der Waals surface area (Å²) in [6, 6.07) is 13.9. The Morgan fingerprint density at radius 2 is 1.81 bits per heavy atom. The number of hydrogen-bond donors (Lipinski definition) is 2. The van der Waals surface area contributed by atoms with Gasteiger partial charge in [0, 0.05) is 23.3 Å². The third-order valence-corrected chi connectivity index (χ3v) is 3.94. The number of hydrogen-bond acceptors (Lipinski definition) is 4. The molecular weight excluding hydrogens is 400 g/mol. The van der Waals surface area contributed by atoms with Crippen LogP contribution in [0.5, 0.6) is 5.75 Å². The number of carbonyl (C=O) groups excluding carboxylic acids is 2. The fourth-order valence-corrected chi connectivity index (χ4v) is 2.51. The Morgan fingerprint density at radius 3 is 2.50 bits per heavy atom. The number of amides is 2. The molecule has 0 radical (unpaired) electrons. The number of carbonyl (C=O) groups is 2. The molecule has 2 N–H and O–H groups in total. The van der Waals surface area contributed by atoms with Crippen LogP contribution >= 0.6 is 15.9 Å². The van der Waals surface area contributed by atoms with Crippen LogP contribution in [0.3, 0.4) is 0 Å². The summed E-state index contributed by atoms with van der Waals surface area (Å²) in [5, 5.41) is 5.56. The molecular formula is C19H21BrN2O4. The van der Waals surface area contributed by atoms with Crippen molar-refractivity contribution in [1.82, 2.24) is 5.32 Å². The smallest absolute Gasteiger partial charge is 0.262 e. The highest BCUT2D eigenvalue weighted by Crippen LogP contribution is 2.18. The second-order valence-electron chi connectivity index (χ2n) is 5.67. The lowest BCUT2D eigenvalue weighted by Gasteiger charge is -2.15. The lowest BCUT2D eigenvalue weighted by Crippen LogP contribution is -2.35. The van der Waals surface area contributed by atoms with E-state index < -0.39 is 0 Å². The largest absolute Gasteiger partial charge is 0.483 e. The van der Waals surface area contributed by atoms with Gasteiger partial charge in [-0.15, -0.1) is 0 Å². The molecule has 0 saturated carbocycles. The Labute approximate surface area is 161 Å². The van der Waals surface area contributed by atoms with Gasteiger partial charge in [-0.2, -0.15) is 0 Å². The van der Waals surface area contributed by atoms with Gasteiger partial charge in [-0.05, 0) is 43.3 Å². The van der Waals surface area contributed by atoms with Crippen molar-refractivity contribution in [2.24, 2.45) is 0 Å². The van der Waals surface area contributed by atoms with Crippen molar-refractivity contribution in [2.75, 3.05) is 25.6 Å². The van der Waals surface area contributed by atoms with Gasteiger partial charge in [0.05, 0.1) is 12.2 Å². The van der Waals surface area contributed by atoms with Gasteiger partial charge in [0.2, 0.25) is 0 Å². The Kier molecular flexibility index (Phi) is 7.62. The molecule has 2 rings (SSSR count). The Morgan fingerprint density at radius 1 is 1.12 bits per heavy atom. The van der Waals surface area contributed by atoms with Gasteiger partial charge in [-0.25, -0.2) is 0 Å². The van der Waals surface area contributed by atoms with Crippen molar-refractivity contribution in [3.8, 4) is 5.75 Å². The SMILES string of the molecule is COCC(C)NC(=O)c1ccccc1OCC(=O)Nc1ccc(Br)cc1. The first-order chi connectivity index (χ1) is 12.5. The summed E-state index contributed by atoms with van der Waals surface area (Å²) in [6.45, 7) is 2.05. The van der Waals surface area contributed by atoms with Crippen LogP contribution in [0.4, 0.5) is 5.69 Å². The molecule has 1 atom stereocenters. The molecule has 138 valence electrons. The molecule has 0 heterocycles. The molecule has 0 aromatic heterocycles. The first-order valence-electron chi connectivity index (χ1n) is 8.06. The molecule has 26 heavy (non-hydrogen) atoms. The van der Waals surface area contributed by atoms with E-state index in [1.165, 1.54) is 0 Å². The number of benzene rings is 2. The van der Waals surface area contributed by atoms with E-state index in [4.69, 9.17) is 9.47 Å². The van der Waals surface area contributed by atoms with E-state index in [0.717, 1.165) is 4.47 Å². The number of nitrogens with one attached hydrogen (secondary N) is 2. The Bertz CT molecular complexity index is 749. The van der Waals surface area contributed by atoms with Crippen LogP contribution in [0.25, 0.3) is 0 Å². The summed E-state index contributed by atoms with van der Waals surface area (Å²) >= 11 is 3.34. The van der Waals surface area contributed by atoms with Crippen LogP contribution in [0.2, 0.25) is 0 Å². The summed E-state index contributed by atoms with van der Waals surface area (Å²) in [4.78, 5) is 24.4. The summed E-state index contributed by atoms with van der Waals surface area (Å²) in [6.07, 6.45) is 0. The summed E-state index contributed by atoms with van der Waals surface area (Å²) in [7, 11) is 1.57. The molecule has 0 saturated heterocycles. The van der Waals surface area contributed by atoms with Crippen molar-refractivity contribution in [3.05, 3.63) is 58.6 Å². The molecule has 0 aliphatic rings. The molecule has 0 spiro atoms. The Balaban J connectivity index is 1.95. The van der Waals surface area contributed by atoms with E-state index in [2.05, 4.69) is 26.6 Å². The normalized spacial score (nSPS) is 11.5. The van der Waals surface area contributed by atoms with E-state index in [0.29, 0.717) is 23.6 Å². The summed E-state index contributed by atoms with van der Waals surface area (Å²) in [5.74, 6) is -0.241. The van der Waals surface area contributed by atoms with Crippen LogP contribution < -0.4 is 15.4 Å². The minimum absolute atomic E-state index is 0.138. The second-order valence-corrected chi connectivity index (χ2v) is 6.59. The molecule has 2 aromatic rings. The van der Waals surface area contributed by atoms with Gasteiger partial charge in [0.25, 0.3) is 11.8 Å². The standard InChI is InChI=1S/C19H21BrN2O4/c1-13(11-25-2)21-19(24)16-5-3-4-6-17(16)26-12-18(23)22-15-9-7-14(20)8-10-15/h3-10,13H,11-12H2,1-2H3,(H,21,24)(H,22,23). The number of para-hydroxylation sites is 1. The van der Waals surface area contributed by atoms with Gasteiger partial charge in [0.1, 0.15) is 5.75 Å². The molecule has 2 aromatic carbocycles. The van der Waals surface area contributed by atoms with E-state index in [1.54, 1.807) is 43.5 Å². The highest BCUT2D eigenvalue weighted by molar-refractivity contribution is 9.10. The number of rotatable bonds is 8. The predicted molar refractivity (Wildman–Crippen MR) is 104 cm³/mol. The van der Waals surface area contributed by atoms with E-state index >= 15 is 0 Å². The van der Waals surface area contributed by atoms with Gasteiger partial charge >= 0.3 is 0 Å². The third kappa shape index (κ3) is 6.16. The number of anilines is 1. The average molecular weight is 421 g/mol. The highest BCUT2D eigenvalue weighted by atomic mass is 79.9. The lowest BCUT2D eigenvalue weighted by atomic mass is 10.1. The van der Waals surface area contributed by atoms with Gasteiger partial charge in [0.15, 0.2) is 6.61 Å². The average Bonchev–Trinajstić information content (AvgIpc) is 2.62. The minimum Gasteiger partial charge on any atom is -0.483 e. The highest BCUT2D eigenvalue weighted by Gasteiger charge is 2.15. The molecule has 1 unspecified atom stereocenters. The molecule has 0 aliphatic carbocycles. The summed E-state index contributed by atoms with van der Waals surface area (Å²) < 4.78 is 11.5. The maximum absolute atomic E-state index is 12.4.